The summed E-state index contributed by atoms with van der Waals surface area (Å²) in [5, 5.41) is 3.92. The number of carbonyl (C=O) groups excluding carboxylic acids is 1. The lowest BCUT2D eigenvalue weighted by atomic mass is 9.95. The largest absolute Gasteiger partial charge is 0.379 e. The molecule has 2 aromatic heterocycles. The molecule has 1 N–H and O–H groups in total. The van der Waals surface area contributed by atoms with Crippen molar-refractivity contribution in [2.45, 2.75) is 25.3 Å². The third-order valence-electron chi connectivity index (χ3n) is 6.04. The van der Waals surface area contributed by atoms with Gasteiger partial charge in [0.25, 0.3) is 0 Å². The van der Waals surface area contributed by atoms with Crippen LogP contribution in [0.2, 0.25) is 10.0 Å². The number of carbonyl (C=O) groups is 1. The second-order valence-electron chi connectivity index (χ2n) is 8.17. The third kappa shape index (κ3) is 4.14. The van der Waals surface area contributed by atoms with Crippen LogP contribution in [0.1, 0.15) is 19.3 Å². The number of amides is 1. The Hall–Kier alpha value is -2.42. The van der Waals surface area contributed by atoms with Crippen molar-refractivity contribution in [3.05, 3.63) is 46.3 Å². The van der Waals surface area contributed by atoms with Crippen molar-refractivity contribution in [1.29, 1.82) is 0 Å². The van der Waals surface area contributed by atoms with E-state index in [0.29, 0.717) is 66.5 Å². The molecule has 1 atom stereocenters. The van der Waals surface area contributed by atoms with E-state index in [2.05, 4.69) is 15.2 Å². The maximum absolute atomic E-state index is 13.5. The van der Waals surface area contributed by atoms with E-state index in [-0.39, 0.29) is 17.9 Å². The van der Waals surface area contributed by atoms with E-state index in [1.807, 2.05) is 4.57 Å². The van der Waals surface area contributed by atoms with Gasteiger partial charge in [-0.2, -0.15) is 0 Å². The molecule has 2 fully saturated rings. The summed E-state index contributed by atoms with van der Waals surface area (Å²) in [4.78, 5) is 23.8. The normalized spacial score (nSPS) is 19.6. The van der Waals surface area contributed by atoms with Crippen molar-refractivity contribution >= 4 is 46.1 Å². The number of halogens is 3. The van der Waals surface area contributed by atoms with Gasteiger partial charge in [-0.1, -0.05) is 23.2 Å². The van der Waals surface area contributed by atoms with Crippen LogP contribution in [0.4, 0.5) is 10.3 Å². The zero-order valence-corrected chi connectivity index (χ0v) is 18.7. The topological polar surface area (TPSA) is 72.3 Å². The Balaban J connectivity index is 1.42. The fourth-order valence-corrected chi connectivity index (χ4v) is 4.62. The molecular weight excluding hydrogens is 456 g/mol. The molecule has 7 nitrogen and oxygen atoms in total. The fourth-order valence-electron chi connectivity index (χ4n) is 4.31. The first-order valence-electron chi connectivity index (χ1n) is 10.6. The van der Waals surface area contributed by atoms with Gasteiger partial charge in [0.15, 0.2) is 0 Å². The molecule has 2 saturated heterocycles. The molecule has 0 radical (unpaired) electrons. The summed E-state index contributed by atoms with van der Waals surface area (Å²) in [5.74, 6) is 0.828. The molecule has 5 rings (SSSR count). The van der Waals surface area contributed by atoms with Crippen LogP contribution >= 0.6 is 23.2 Å². The van der Waals surface area contributed by atoms with Gasteiger partial charge in [0.2, 0.25) is 11.9 Å². The first-order valence-corrected chi connectivity index (χ1v) is 11.4. The number of nitrogens with one attached hydrogen (secondary N) is 1. The van der Waals surface area contributed by atoms with Crippen LogP contribution < -0.4 is 10.2 Å². The summed E-state index contributed by atoms with van der Waals surface area (Å²) in [7, 11) is 0. The fraction of sp³-hybridized carbons (Fsp3) is 0.409. The SMILES string of the molecule is O=C(N[C@@H]1CCOC1)C1CCN(c2nc3cc(Cl)c(Cl)cc3n2-c2ccc(F)cn2)CC1. The third-order valence-corrected chi connectivity index (χ3v) is 6.77. The van der Waals surface area contributed by atoms with Crippen molar-refractivity contribution in [2.24, 2.45) is 5.92 Å². The predicted octanol–water partition coefficient (Wildman–Crippen LogP) is 3.99. The number of hydrogen-bond donors (Lipinski definition) is 1. The molecule has 2 aliphatic heterocycles. The van der Waals surface area contributed by atoms with E-state index in [4.69, 9.17) is 32.9 Å². The van der Waals surface area contributed by atoms with Crippen LogP contribution in [0.5, 0.6) is 0 Å². The van der Waals surface area contributed by atoms with E-state index in [9.17, 15) is 9.18 Å². The van der Waals surface area contributed by atoms with E-state index < -0.39 is 5.82 Å². The molecule has 2 aliphatic rings. The van der Waals surface area contributed by atoms with Crippen molar-refractivity contribution in [3.63, 3.8) is 0 Å². The number of anilines is 1. The minimum atomic E-state index is -0.416. The number of fused-ring (bicyclic) bond motifs is 1. The van der Waals surface area contributed by atoms with Gasteiger partial charge in [-0.3, -0.25) is 9.36 Å². The second-order valence-corrected chi connectivity index (χ2v) is 8.98. The average Bonchev–Trinajstić information content (AvgIpc) is 3.43. The second kappa shape index (κ2) is 8.84. The monoisotopic (exact) mass is 477 g/mol. The molecule has 0 aliphatic carbocycles. The lowest BCUT2D eigenvalue weighted by Crippen LogP contribution is -2.44. The highest BCUT2D eigenvalue weighted by Crippen LogP contribution is 2.34. The Kier molecular flexibility index (Phi) is 5.92. The molecule has 3 aromatic rings. The highest BCUT2D eigenvalue weighted by molar-refractivity contribution is 6.42. The Labute approximate surface area is 194 Å². The van der Waals surface area contributed by atoms with E-state index in [0.717, 1.165) is 11.9 Å². The molecule has 0 unspecified atom stereocenters. The zero-order chi connectivity index (χ0) is 22.2. The molecule has 0 bridgehead atoms. The molecule has 1 aromatic carbocycles. The molecule has 1 amide bonds. The number of pyridine rings is 1. The molecule has 0 spiro atoms. The summed E-state index contributed by atoms with van der Waals surface area (Å²) in [6, 6.07) is 6.53. The first kappa shape index (κ1) is 21.4. The standard InChI is InChI=1S/C22H22Cl2FN5O2/c23-16-9-18-19(10-17(16)24)30(20-2-1-14(25)11-26-20)22(28-18)29-6-3-13(4-7-29)21(31)27-15-5-8-32-12-15/h1-2,9-11,13,15H,3-8,12H2,(H,27,31)/t15-/m1/s1. The molecule has 4 heterocycles. The van der Waals surface area contributed by atoms with Gasteiger partial charge in [0.05, 0.1) is 39.9 Å². The Bertz CT molecular complexity index is 1140. The summed E-state index contributed by atoms with van der Waals surface area (Å²) in [6.07, 6.45) is 3.46. The Morgan fingerprint density at radius 1 is 1.16 bits per heavy atom. The lowest BCUT2D eigenvalue weighted by molar-refractivity contribution is -0.126. The van der Waals surface area contributed by atoms with Crippen LogP contribution in [0.3, 0.4) is 0 Å². The molecule has 10 heteroatoms. The number of piperidine rings is 1. The predicted molar refractivity (Wildman–Crippen MR) is 121 cm³/mol. The van der Waals surface area contributed by atoms with Crippen LogP contribution in [0.25, 0.3) is 16.9 Å². The van der Waals surface area contributed by atoms with Gasteiger partial charge < -0.3 is 15.0 Å². The summed E-state index contributed by atoms with van der Waals surface area (Å²) in [5.41, 5.74) is 1.40. The number of nitrogens with zero attached hydrogens (tertiary/aromatic N) is 4. The summed E-state index contributed by atoms with van der Waals surface area (Å²) in [6.45, 7) is 2.60. The first-order chi connectivity index (χ1) is 15.5. The number of aromatic nitrogens is 3. The van der Waals surface area contributed by atoms with E-state index in [1.165, 1.54) is 12.3 Å². The van der Waals surface area contributed by atoms with Gasteiger partial charge in [-0.05, 0) is 43.5 Å². The van der Waals surface area contributed by atoms with Gasteiger partial charge in [-0.15, -0.1) is 0 Å². The summed E-state index contributed by atoms with van der Waals surface area (Å²) < 4.78 is 20.7. The van der Waals surface area contributed by atoms with Gasteiger partial charge in [-0.25, -0.2) is 14.4 Å². The maximum atomic E-state index is 13.5. The zero-order valence-electron chi connectivity index (χ0n) is 17.2. The van der Waals surface area contributed by atoms with Crippen molar-refractivity contribution in [2.75, 3.05) is 31.2 Å². The van der Waals surface area contributed by atoms with Crippen molar-refractivity contribution in [3.8, 4) is 5.82 Å². The smallest absolute Gasteiger partial charge is 0.223 e. The number of ether oxygens (including phenoxy) is 1. The number of hydrogen-bond acceptors (Lipinski definition) is 5. The van der Waals surface area contributed by atoms with E-state index in [1.54, 1.807) is 18.2 Å². The van der Waals surface area contributed by atoms with Crippen molar-refractivity contribution < 1.29 is 13.9 Å². The van der Waals surface area contributed by atoms with Crippen LogP contribution in [0, 0.1) is 11.7 Å². The highest BCUT2D eigenvalue weighted by atomic mass is 35.5. The van der Waals surface area contributed by atoms with Gasteiger partial charge in [0, 0.05) is 25.6 Å². The Morgan fingerprint density at radius 2 is 1.94 bits per heavy atom. The van der Waals surface area contributed by atoms with Crippen LogP contribution in [0.15, 0.2) is 30.5 Å². The Morgan fingerprint density at radius 3 is 2.62 bits per heavy atom. The van der Waals surface area contributed by atoms with Crippen LogP contribution in [-0.2, 0) is 9.53 Å². The van der Waals surface area contributed by atoms with Gasteiger partial charge in [0.1, 0.15) is 11.6 Å². The van der Waals surface area contributed by atoms with E-state index >= 15 is 0 Å². The lowest BCUT2D eigenvalue weighted by Gasteiger charge is -2.32. The molecule has 0 saturated carbocycles. The quantitative estimate of drug-likeness (QED) is 0.614. The maximum Gasteiger partial charge on any atom is 0.223 e. The molecular formula is C22H22Cl2FN5O2. The molecule has 168 valence electrons. The highest BCUT2D eigenvalue weighted by Gasteiger charge is 2.30. The number of imidazole rings is 1. The minimum Gasteiger partial charge on any atom is -0.379 e. The van der Waals surface area contributed by atoms with Gasteiger partial charge >= 0.3 is 0 Å². The minimum absolute atomic E-state index is 0.0440. The van der Waals surface area contributed by atoms with Crippen LogP contribution in [-0.4, -0.2) is 52.8 Å². The molecule has 32 heavy (non-hydrogen) atoms. The number of rotatable bonds is 4. The number of benzene rings is 1. The summed E-state index contributed by atoms with van der Waals surface area (Å²) >= 11 is 12.5. The van der Waals surface area contributed by atoms with Crippen molar-refractivity contribution in [1.82, 2.24) is 19.9 Å². The average molecular weight is 478 g/mol.